The second-order valence-corrected chi connectivity index (χ2v) is 15.1. The van der Waals surface area contributed by atoms with Crippen molar-refractivity contribution in [3.8, 4) is 5.69 Å². The molecule has 0 spiro atoms. The van der Waals surface area contributed by atoms with Crippen LogP contribution in [-0.4, -0.2) is 41.6 Å². The van der Waals surface area contributed by atoms with E-state index in [1.807, 2.05) is 97.9 Å². The molecular weight excluding hydrogens is 595 g/mol. The fourth-order valence-electron chi connectivity index (χ4n) is 5.97. The number of benzene rings is 4. The first kappa shape index (κ1) is 31.5. The first-order valence-corrected chi connectivity index (χ1v) is 17.2. The highest BCUT2D eigenvalue weighted by molar-refractivity contribution is 7.89. The molecule has 2 heterocycles. The van der Waals surface area contributed by atoms with Crippen molar-refractivity contribution in [1.29, 1.82) is 0 Å². The molecule has 1 aliphatic heterocycles. The van der Waals surface area contributed by atoms with Crippen molar-refractivity contribution in [2.24, 2.45) is 5.92 Å². The van der Waals surface area contributed by atoms with Gasteiger partial charge in [0.05, 0.1) is 16.3 Å². The van der Waals surface area contributed by atoms with Gasteiger partial charge in [-0.25, -0.2) is 17.9 Å². The van der Waals surface area contributed by atoms with Gasteiger partial charge in [-0.1, -0.05) is 87.0 Å². The lowest BCUT2D eigenvalue weighted by Crippen LogP contribution is -2.38. The fraction of sp³-hybridized carbons (Fsp3) is 0.297. The van der Waals surface area contributed by atoms with Crippen LogP contribution in [0.1, 0.15) is 50.4 Å². The van der Waals surface area contributed by atoms with Gasteiger partial charge >= 0.3 is 6.03 Å². The zero-order valence-electron chi connectivity index (χ0n) is 26.8. The van der Waals surface area contributed by atoms with E-state index in [4.69, 9.17) is 5.10 Å². The van der Waals surface area contributed by atoms with Crippen LogP contribution in [0.3, 0.4) is 0 Å². The number of nitrogens with one attached hydrogen (secondary N) is 2. The van der Waals surface area contributed by atoms with E-state index in [9.17, 15) is 13.2 Å². The van der Waals surface area contributed by atoms with Gasteiger partial charge in [0, 0.05) is 35.6 Å². The smallest absolute Gasteiger partial charge is 0.308 e. The molecule has 9 heteroatoms. The summed E-state index contributed by atoms with van der Waals surface area (Å²) >= 11 is 0. The molecule has 2 amide bonds. The normalized spacial score (nSPS) is 14.8. The molecule has 6 rings (SSSR count). The number of hydrogen-bond acceptors (Lipinski definition) is 4. The number of aryl methyl sites for hydroxylation is 1. The lowest BCUT2D eigenvalue weighted by Gasteiger charge is -2.31. The van der Waals surface area contributed by atoms with Gasteiger partial charge in [0.1, 0.15) is 5.82 Å². The van der Waals surface area contributed by atoms with E-state index < -0.39 is 10.0 Å². The van der Waals surface area contributed by atoms with Crippen molar-refractivity contribution < 1.29 is 13.2 Å². The Morgan fingerprint density at radius 2 is 1.54 bits per heavy atom. The van der Waals surface area contributed by atoms with Gasteiger partial charge in [-0.3, -0.25) is 5.32 Å². The second kappa shape index (κ2) is 12.7. The molecule has 1 saturated heterocycles. The summed E-state index contributed by atoms with van der Waals surface area (Å²) < 4.78 is 30.5. The minimum absolute atomic E-state index is 0.180. The molecule has 8 nitrogen and oxygen atoms in total. The predicted molar refractivity (Wildman–Crippen MR) is 185 cm³/mol. The van der Waals surface area contributed by atoms with E-state index in [1.54, 1.807) is 15.1 Å². The molecule has 0 bridgehead atoms. The summed E-state index contributed by atoms with van der Waals surface area (Å²) in [6.07, 6.45) is 2.47. The maximum atomic E-state index is 13.5. The zero-order valence-corrected chi connectivity index (χ0v) is 27.6. The molecule has 238 valence electrons. The van der Waals surface area contributed by atoms with Crippen LogP contribution in [-0.2, 0) is 21.9 Å². The number of aromatic nitrogens is 2. The van der Waals surface area contributed by atoms with Crippen molar-refractivity contribution in [3.63, 3.8) is 0 Å². The standard InChI is InChI=1S/C37H41N5O3S/c1-26-12-18-31(19-13-26)42-35(25-34(40-42)37(2,3)4)39-36(43)38-30-16-14-27(15-17-30)24-28-20-22-41(23-21-28)46(44,45)33-11-7-9-29-8-5-6-10-32(29)33/h5-19,25,28H,20-24H2,1-4H3,(H2,38,39,43). The number of carbonyl (C=O) groups is 1. The third-order valence-corrected chi connectivity index (χ3v) is 10.6. The van der Waals surface area contributed by atoms with E-state index in [-0.39, 0.29) is 11.4 Å². The first-order valence-electron chi connectivity index (χ1n) is 15.8. The Balaban J connectivity index is 1.06. The number of amides is 2. The molecular formula is C37H41N5O3S. The maximum Gasteiger partial charge on any atom is 0.324 e. The molecule has 1 aromatic heterocycles. The Morgan fingerprint density at radius 1 is 0.870 bits per heavy atom. The molecule has 1 aliphatic rings. The number of piperidine rings is 1. The van der Waals surface area contributed by atoms with Gasteiger partial charge in [0.2, 0.25) is 10.0 Å². The fourth-order valence-corrected chi connectivity index (χ4v) is 7.65. The number of sulfonamides is 1. The highest BCUT2D eigenvalue weighted by atomic mass is 32.2. The molecule has 46 heavy (non-hydrogen) atoms. The van der Waals surface area contributed by atoms with Crippen molar-refractivity contribution in [1.82, 2.24) is 14.1 Å². The monoisotopic (exact) mass is 635 g/mol. The summed E-state index contributed by atoms with van der Waals surface area (Å²) in [7, 11) is -3.57. The average molecular weight is 636 g/mol. The topological polar surface area (TPSA) is 96.3 Å². The molecule has 0 saturated carbocycles. The SMILES string of the molecule is Cc1ccc(-n2nc(C(C)(C)C)cc2NC(=O)Nc2ccc(CC3CCN(S(=O)(=O)c4cccc5ccccc45)CC3)cc2)cc1. The molecule has 0 aliphatic carbocycles. The summed E-state index contributed by atoms with van der Waals surface area (Å²) in [5.74, 6) is 0.983. The van der Waals surface area contributed by atoms with Crippen LogP contribution in [0.2, 0.25) is 0 Å². The first-order chi connectivity index (χ1) is 22.0. The van der Waals surface area contributed by atoms with Crippen LogP contribution in [0.4, 0.5) is 16.3 Å². The summed E-state index contributed by atoms with van der Waals surface area (Å²) in [5.41, 5.74) is 4.57. The third kappa shape index (κ3) is 6.85. The number of nitrogens with zero attached hydrogens (tertiary/aromatic N) is 3. The van der Waals surface area contributed by atoms with Crippen molar-refractivity contribution in [2.45, 2.75) is 57.3 Å². The Labute approximate surface area is 271 Å². The molecule has 5 aromatic rings. The van der Waals surface area contributed by atoms with E-state index in [0.717, 1.165) is 52.5 Å². The molecule has 0 unspecified atom stereocenters. The molecule has 2 N–H and O–H groups in total. The van der Waals surface area contributed by atoms with Gasteiger partial charge in [-0.2, -0.15) is 9.40 Å². The summed E-state index contributed by atoms with van der Waals surface area (Å²) in [6.45, 7) is 9.33. The van der Waals surface area contributed by atoms with Gasteiger partial charge in [-0.15, -0.1) is 0 Å². The Morgan fingerprint density at radius 3 is 2.24 bits per heavy atom. The van der Waals surface area contributed by atoms with Crippen LogP contribution in [0, 0.1) is 12.8 Å². The van der Waals surface area contributed by atoms with Gasteiger partial charge < -0.3 is 5.32 Å². The van der Waals surface area contributed by atoms with Crippen molar-refractivity contribution in [3.05, 3.63) is 114 Å². The number of carbonyl (C=O) groups excluding carboxylic acids is 1. The minimum atomic E-state index is -3.57. The number of urea groups is 1. The third-order valence-electron chi connectivity index (χ3n) is 8.68. The quantitative estimate of drug-likeness (QED) is 0.190. The minimum Gasteiger partial charge on any atom is -0.308 e. The Bertz CT molecular complexity index is 1950. The molecule has 4 aromatic carbocycles. The van der Waals surface area contributed by atoms with Crippen molar-refractivity contribution >= 4 is 38.3 Å². The number of hydrogen-bond donors (Lipinski definition) is 2. The van der Waals surface area contributed by atoms with Crippen LogP contribution in [0.15, 0.2) is 102 Å². The van der Waals surface area contributed by atoms with E-state index in [0.29, 0.717) is 35.4 Å². The molecule has 1 fully saturated rings. The number of anilines is 2. The maximum absolute atomic E-state index is 13.5. The van der Waals surface area contributed by atoms with E-state index in [2.05, 4.69) is 31.4 Å². The van der Waals surface area contributed by atoms with Crippen LogP contribution in [0.25, 0.3) is 16.5 Å². The Kier molecular flexibility index (Phi) is 8.72. The van der Waals surface area contributed by atoms with Crippen LogP contribution < -0.4 is 10.6 Å². The highest BCUT2D eigenvalue weighted by Crippen LogP contribution is 2.31. The predicted octanol–water partition coefficient (Wildman–Crippen LogP) is 7.92. The van der Waals surface area contributed by atoms with Crippen LogP contribution >= 0.6 is 0 Å². The number of rotatable bonds is 7. The van der Waals surface area contributed by atoms with Crippen molar-refractivity contribution in [2.75, 3.05) is 23.7 Å². The van der Waals surface area contributed by atoms with E-state index >= 15 is 0 Å². The number of fused-ring (bicyclic) bond motifs is 1. The lowest BCUT2D eigenvalue weighted by atomic mass is 9.91. The largest absolute Gasteiger partial charge is 0.324 e. The van der Waals surface area contributed by atoms with Gasteiger partial charge in [0.15, 0.2) is 0 Å². The molecule has 0 radical (unpaired) electrons. The summed E-state index contributed by atoms with van der Waals surface area (Å²) in [5, 5.41) is 12.4. The second-order valence-electron chi connectivity index (χ2n) is 13.2. The van der Waals surface area contributed by atoms with E-state index in [1.165, 1.54) is 0 Å². The lowest BCUT2D eigenvalue weighted by molar-refractivity contribution is 0.262. The highest BCUT2D eigenvalue weighted by Gasteiger charge is 2.30. The summed E-state index contributed by atoms with van der Waals surface area (Å²) in [4.78, 5) is 13.4. The van der Waals surface area contributed by atoms with Crippen LogP contribution in [0.5, 0.6) is 0 Å². The summed E-state index contributed by atoms with van der Waals surface area (Å²) in [6, 6.07) is 30.6. The molecule has 0 atom stereocenters. The zero-order chi connectivity index (χ0) is 32.5. The Hall–Kier alpha value is -4.47. The average Bonchev–Trinajstić information content (AvgIpc) is 3.46. The van der Waals surface area contributed by atoms with Gasteiger partial charge in [-0.05, 0) is 73.4 Å². The van der Waals surface area contributed by atoms with Gasteiger partial charge in [0.25, 0.3) is 0 Å².